The van der Waals surface area contributed by atoms with E-state index in [9.17, 15) is 13.2 Å². The van der Waals surface area contributed by atoms with Crippen molar-refractivity contribution in [1.29, 1.82) is 0 Å². The van der Waals surface area contributed by atoms with Gasteiger partial charge in [-0.25, -0.2) is 13.1 Å². The molecule has 2 aliphatic heterocycles. The molecule has 0 bridgehead atoms. The fourth-order valence-electron chi connectivity index (χ4n) is 4.42. The van der Waals surface area contributed by atoms with Crippen LogP contribution in [0.2, 0.25) is 0 Å². The first-order valence-electron chi connectivity index (χ1n) is 11.6. The molecule has 2 heterocycles. The number of sulfonamides is 1. The molecule has 1 saturated heterocycles. The summed E-state index contributed by atoms with van der Waals surface area (Å²) in [6.45, 7) is 7.40. The third kappa shape index (κ3) is 5.81. The Balaban J connectivity index is 1.36. The van der Waals surface area contributed by atoms with Crippen LogP contribution in [0.1, 0.15) is 48.2 Å². The Kier molecular flexibility index (Phi) is 7.19. The summed E-state index contributed by atoms with van der Waals surface area (Å²) >= 11 is 0. The van der Waals surface area contributed by atoms with E-state index in [4.69, 9.17) is 4.74 Å². The zero-order valence-corrected chi connectivity index (χ0v) is 20.2. The summed E-state index contributed by atoms with van der Waals surface area (Å²) in [4.78, 5) is 15.3. The van der Waals surface area contributed by atoms with E-state index in [1.807, 2.05) is 0 Å². The smallest absolute Gasteiger partial charge is 0.251 e. The average Bonchev–Trinajstić information content (AvgIpc) is 3.35. The molecule has 0 aromatic heterocycles. The molecular weight excluding hydrogens is 438 g/mol. The maximum Gasteiger partial charge on any atom is 0.251 e. The molecule has 2 aromatic carbocycles. The maximum atomic E-state index is 12.9. The highest BCUT2D eigenvalue weighted by Gasteiger charge is 2.30. The number of nitrogens with one attached hydrogen (secondary N) is 2. The quantitative estimate of drug-likeness (QED) is 0.618. The van der Waals surface area contributed by atoms with E-state index in [0.29, 0.717) is 18.7 Å². The zero-order valence-electron chi connectivity index (χ0n) is 19.3. The molecule has 1 amide bonds. The molecule has 2 aliphatic rings. The van der Waals surface area contributed by atoms with Crippen molar-refractivity contribution in [3.8, 4) is 0 Å². The van der Waals surface area contributed by atoms with E-state index in [2.05, 4.69) is 53.1 Å². The SMILES string of the molecule is CC(C)(CNC(=O)c1cccc(S(=O)(=O)NC[C@H]2CCCO2)c1)N1CCc2ccccc2C1. The van der Waals surface area contributed by atoms with Gasteiger partial charge in [0.2, 0.25) is 10.0 Å². The minimum atomic E-state index is -3.71. The fourth-order valence-corrected chi connectivity index (χ4v) is 5.53. The number of nitrogens with zero attached hydrogens (tertiary/aromatic N) is 1. The first-order valence-corrected chi connectivity index (χ1v) is 13.0. The fraction of sp³-hybridized carbons (Fsp3) is 0.480. The van der Waals surface area contributed by atoms with Gasteiger partial charge in [-0.1, -0.05) is 30.3 Å². The maximum absolute atomic E-state index is 12.9. The van der Waals surface area contributed by atoms with Gasteiger partial charge in [0, 0.05) is 43.9 Å². The number of hydrogen-bond acceptors (Lipinski definition) is 5. The Morgan fingerprint density at radius 1 is 1.15 bits per heavy atom. The second kappa shape index (κ2) is 9.93. The Morgan fingerprint density at radius 3 is 2.70 bits per heavy atom. The Morgan fingerprint density at radius 2 is 1.94 bits per heavy atom. The van der Waals surface area contributed by atoms with Crippen LogP contribution in [0.5, 0.6) is 0 Å². The predicted molar refractivity (Wildman–Crippen MR) is 128 cm³/mol. The van der Waals surface area contributed by atoms with E-state index in [1.165, 1.54) is 23.3 Å². The van der Waals surface area contributed by atoms with Crippen LogP contribution < -0.4 is 10.0 Å². The third-order valence-corrected chi connectivity index (χ3v) is 8.02. The van der Waals surface area contributed by atoms with Crippen molar-refractivity contribution < 1.29 is 17.9 Å². The molecular formula is C25H33N3O4S. The zero-order chi connectivity index (χ0) is 23.5. The van der Waals surface area contributed by atoms with Crippen molar-refractivity contribution in [3.05, 3.63) is 65.2 Å². The van der Waals surface area contributed by atoms with Gasteiger partial charge < -0.3 is 10.1 Å². The van der Waals surface area contributed by atoms with Crippen molar-refractivity contribution in [2.24, 2.45) is 0 Å². The first kappa shape index (κ1) is 23.9. The minimum absolute atomic E-state index is 0.0834. The topological polar surface area (TPSA) is 87.7 Å². The van der Waals surface area contributed by atoms with Gasteiger partial charge in [-0.3, -0.25) is 9.69 Å². The lowest BCUT2D eigenvalue weighted by Crippen LogP contribution is -2.53. The van der Waals surface area contributed by atoms with Crippen molar-refractivity contribution in [2.45, 2.75) is 56.2 Å². The largest absolute Gasteiger partial charge is 0.377 e. The van der Waals surface area contributed by atoms with Crippen LogP contribution in [0, 0.1) is 0 Å². The molecule has 0 spiro atoms. The van der Waals surface area contributed by atoms with Gasteiger partial charge in [0.25, 0.3) is 5.91 Å². The van der Waals surface area contributed by atoms with Crippen LogP contribution in [-0.4, -0.2) is 57.1 Å². The third-order valence-electron chi connectivity index (χ3n) is 6.60. The van der Waals surface area contributed by atoms with Gasteiger partial charge in [0.05, 0.1) is 11.0 Å². The summed E-state index contributed by atoms with van der Waals surface area (Å²) in [6.07, 6.45) is 2.70. The number of amides is 1. The number of hydrogen-bond donors (Lipinski definition) is 2. The van der Waals surface area contributed by atoms with Crippen molar-refractivity contribution in [3.63, 3.8) is 0 Å². The van der Waals surface area contributed by atoms with Crippen LogP contribution in [0.15, 0.2) is 53.4 Å². The van der Waals surface area contributed by atoms with E-state index in [1.54, 1.807) is 12.1 Å². The highest BCUT2D eigenvalue weighted by Crippen LogP contribution is 2.25. The summed E-state index contributed by atoms with van der Waals surface area (Å²) in [5.74, 6) is -0.281. The summed E-state index contributed by atoms with van der Waals surface area (Å²) < 4.78 is 33.4. The number of rotatable bonds is 8. The molecule has 2 aromatic rings. The number of carbonyl (C=O) groups excluding carboxylic acids is 1. The highest BCUT2D eigenvalue weighted by atomic mass is 32.2. The molecule has 0 saturated carbocycles. The lowest BCUT2D eigenvalue weighted by atomic mass is 9.94. The molecule has 8 heteroatoms. The van der Waals surface area contributed by atoms with Crippen LogP contribution >= 0.6 is 0 Å². The Labute approximate surface area is 196 Å². The van der Waals surface area contributed by atoms with Crippen LogP contribution in [0.25, 0.3) is 0 Å². The van der Waals surface area contributed by atoms with Crippen LogP contribution in [0.4, 0.5) is 0 Å². The van der Waals surface area contributed by atoms with E-state index >= 15 is 0 Å². The number of ether oxygens (including phenoxy) is 1. The normalized spacial score (nSPS) is 19.3. The Hall–Kier alpha value is -2.26. The molecule has 7 nitrogen and oxygen atoms in total. The molecule has 0 radical (unpaired) electrons. The van der Waals surface area contributed by atoms with Gasteiger partial charge in [-0.2, -0.15) is 0 Å². The predicted octanol–water partition coefficient (Wildman–Crippen LogP) is 2.71. The average molecular weight is 472 g/mol. The van der Waals surface area contributed by atoms with Crippen LogP contribution in [-0.2, 0) is 27.7 Å². The molecule has 0 unspecified atom stereocenters. The summed E-state index contributed by atoms with van der Waals surface area (Å²) in [6, 6.07) is 14.6. The van der Waals surface area contributed by atoms with Gasteiger partial charge in [0.15, 0.2) is 0 Å². The summed E-state index contributed by atoms with van der Waals surface area (Å²) in [7, 11) is -3.71. The van der Waals surface area contributed by atoms with Gasteiger partial charge in [0.1, 0.15) is 0 Å². The number of carbonyl (C=O) groups is 1. The molecule has 178 valence electrons. The first-order chi connectivity index (χ1) is 15.7. The molecule has 33 heavy (non-hydrogen) atoms. The molecule has 4 rings (SSSR count). The lowest BCUT2D eigenvalue weighted by molar-refractivity contribution is 0.0826. The second-order valence-corrected chi connectivity index (χ2v) is 11.2. The molecule has 2 N–H and O–H groups in total. The standard InChI is InChI=1S/C25H33N3O4S/c1-25(2,28-13-12-19-7-3-4-8-21(19)17-28)18-26-24(29)20-9-5-11-23(15-20)33(30,31)27-16-22-10-6-14-32-22/h3-5,7-9,11,15,22,27H,6,10,12-14,16-18H2,1-2H3,(H,26,29)/t22-/m1/s1. The van der Waals surface area contributed by atoms with Crippen molar-refractivity contribution in [2.75, 3.05) is 26.2 Å². The van der Waals surface area contributed by atoms with E-state index < -0.39 is 10.0 Å². The summed E-state index contributed by atoms with van der Waals surface area (Å²) in [5.41, 5.74) is 2.81. The van der Waals surface area contributed by atoms with Crippen molar-refractivity contribution in [1.82, 2.24) is 14.9 Å². The van der Waals surface area contributed by atoms with Crippen LogP contribution in [0.3, 0.4) is 0 Å². The minimum Gasteiger partial charge on any atom is -0.377 e. The van der Waals surface area contributed by atoms with Gasteiger partial charge in [-0.05, 0) is 62.4 Å². The van der Waals surface area contributed by atoms with E-state index in [-0.39, 0.29) is 29.0 Å². The molecule has 0 aliphatic carbocycles. The second-order valence-electron chi connectivity index (χ2n) is 9.45. The number of benzene rings is 2. The van der Waals surface area contributed by atoms with Crippen molar-refractivity contribution >= 4 is 15.9 Å². The van der Waals surface area contributed by atoms with Gasteiger partial charge in [-0.15, -0.1) is 0 Å². The lowest BCUT2D eigenvalue weighted by Gasteiger charge is -2.41. The van der Waals surface area contributed by atoms with Gasteiger partial charge >= 0.3 is 0 Å². The monoisotopic (exact) mass is 471 g/mol. The van der Waals surface area contributed by atoms with E-state index in [0.717, 1.165) is 32.4 Å². The number of fused-ring (bicyclic) bond motifs is 1. The molecule has 1 fully saturated rings. The molecule has 1 atom stereocenters. The summed E-state index contributed by atoms with van der Waals surface area (Å²) in [5, 5.41) is 3.00. The Bertz CT molecular complexity index is 1090. The highest BCUT2D eigenvalue weighted by molar-refractivity contribution is 7.89.